The van der Waals surface area contributed by atoms with Gasteiger partial charge >= 0.3 is 5.97 Å². The minimum Gasteiger partial charge on any atom is -0.474 e. The predicted molar refractivity (Wildman–Crippen MR) is 43.4 cm³/mol. The lowest BCUT2D eigenvalue weighted by molar-refractivity contribution is -0.131. The molecule has 0 spiro atoms. The van der Waals surface area contributed by atoms with Crippen LogP contribution in [0.4, 0.5) is 0 Å². The summed E-state index contributed by atoms with van der Waals surface area (Å²) < 4.78 is 8.10. The second-order valence-electron chi connectivity index (χ2n) is 1.19. The molecule has 0 aromatic heterocycles. The summed E-state index contributed by atoms with van der Waals surface area (Å²) in [5.74, 6) is -0.720. The van der Waals surface area contributed by atoms with Crippen molar-refractivity contribution in [1.29, 1.82) is 5.26 Å². The van der Waals surface area contributed by atoms with Crippen LogP contribution in [0.3, 0.4) is 0 Å². The molecule has 0 atom stereocenters. The van der Waals surface area contributed by atoms with Crippen LogP contribution in [-0.2, 0) is 14.3 Å². The summed E-state index contributed by atoms with van der Waals surface area (Å²) >= 11 is 0. The number of carbonyl (C=O) groups excluding carboxylic acids is 1. The Morgan fingerprint density at radius 3 is 1.92 bits per heavy atom. The van der Waals surface area contributed by atoms with Crippen LogP contribution >= 0.6 is 0 Å². The van der Waals surface area contributed by atoms with E-state index in [0.29, 0.717) is 0 Å². The third-order valence-corrected chi connectivity index (χ3v) is 0.505. The van der Waals surface area contributed by atoms with E-state index in [4.69, 9.17) is 5.26 Å². The largest absolute Gasteiger partial charge is 0.474 e. The molecule has 0 heterocycles. The topological polar surface area (TPSA) is 59.3 Å². The third-order valence-electron chi connectivity index (χ3n) is 0.505. The van der Waals surface area contributed by atoms with Gasteiger partial charge in [0, 0.05) is 6.08 Å². The van der Waals surface area contributed by atoms with Crippen LogP contribution in [0.5, 0.6) is 0 Å². The van der Waals surface area contributed by atoms with Crippen molar-refractivity contribution in [1.82, 2.24) is 0 Å². The van der Waals surface area contributed by atoms with Gasteiger partial charge in [-0.25, -0.2) is 4.79 Å². The quantitative estimate of drug-likeness (QED) is 0.276. The van der Waals surface area contributed by atoms with Crippen molar-refractivity contribution >= 4 is 5.97 Å². The number of hydrogen-bond acceptors (Lipinski definition) is 4. The second-order valence-corrected chi connectivity index (χ2v) is 1.19. The summed E-state index contributed by atoms with van der Waals surface area (Å²) in [7, 11) is 0. The molecule has 0 fully saturated rings. The van der Waals surface area contributed by atoms with Gasteiger partial charge in [-0.05, 0) is 0 Å². The highest BCUT2D eigenvalue weighted by Crippen LogP contribution is 1.71. The van der Waals surface area contributed by atoms with Crippen LogP contribution in [0.1, 0.15) is 0 Å². The first-order valence-electron chi connectivity index (χ1n) is 2.82. The molecule has 0 rings (SSSR count). The molecule has 0 aromatic carbocycles. The van der Waals surface area contributed by atoms with Crippen LogP contribution < -0.4 is 0 Å². The number of nitriles is 1. The van der Waals surface area contributed by atoms with E-state index in [1.807, 2.05) is 0 Å². The van der Waals surface area contributed by atoms with Crippen LogP contribution in [0.15, 0.2) is 38.3 Å². The molecule has 0 saturated carbocycles. The van der Waals surface area contributed by atoms with Gasteiger partial charge in [0.25, 0.3) is 6.26 Å². The van der Waals surface area contributed by atoms with E-state index in [-0.39, 0.29) is 0 Å². The minimum atomic E-state index is -0.720. The normalized spacial score (nSPS) is 5.92. The lowest BCUT2D eigenvalue weighted by Gasteiger charge is -1.77. The highest BCUT2D eigenvalue weighted by Gasteiger charge is 1.87. The van der Waals surface area contributed by atoms with Gasteiger partial charge in [0.2, 0.25) is 0 Å². The SMILES string of the molecule is C=CC(=O)OC#N.C=COC=C. The second kappa shape index (κ2) is 11.7. The van der Waals surface area contributed by atoms with E-state index in [2.05, 4.69) is 29.2 Å². The predicted octanol–water partition coefficient (Wildman–Crippen LogP) is 1.49. The van der Waals surface area contributed by atoms with Gasteiger partial charge in [-0.15, -0.1) is 5.26 Å². The zero-order chi connectivity index (χ0) is 9.82. The van der Waals surface area contributed by atoms with Crippen LogP contribution in [-0.4, -0.2) is 5.97 Å². The third kappa shape index (κ3) is 15.7. The molecular weight excluding hydrogens is 158 g/mol. The van der Waals surface area contributed by atoms with Gasteiger partial charge in [0.15, 0.2) is 0 Å². The van der Waals surface area contributed by atoms with Crippen molar-refractivity contribution in [2.45, 2.75) is 0 Å². The molecule has 0 aliphatic rings. The first kappa shape index (κ1) is 12.6. The fourth-order valence-corrected chi connectivity index (χ4v) is 0.155. The first-order chi connectivity index (χ1) is 5.72. The zero-order valence-corrected chi connectivity index (χ0v) is 6.53. The molecule has 0 unspecified atom stereocenters. The fraction of sp³-hybridized carbons (Fsp3) is 0. The maximum absolute atomic E-state index is 9.85. The Kier molecular flexibility index (Phi) is 12.4. The Balaban J connectivity index is 0. The summed E-state index contributed by atoms with van der Waals surface area (Å²) in [5.41, 5.74) is 0. The maximum Gasteiger partial charge on any atom is 0.345 e. The van der Waals surface area contributed by atoms with Gasteiger partial charge in [0.1, 0.15) is 0 Å². The Bertz CT molecular complexity index is 197. The number of ether oxygens (including phenoxy) is 2. The smallest absolute Gasteiger partial charge is 0.345 e. The van der Waals surface area contributed by atoms with E-state index in [0.717, 1.165) is 6.08 Å². The average molecular weight is 167 g/mol. The van der Waals surface area contributed by atoms with E-state index >= 15 is 0 Å². The highest BCUT2D eigenvalue weighted by molar-refractivity contribution is 5.81. The average Bonchev–Trinajstić information content (AvgIpc) is 2.07. The lowest BCUT2D eigenvalue weighted by atomic mass is 10.7. The molecule has 0 aromatic rings. The molecule has 4 nitrogen and oxygen atoms in total. The van der Waals surface area contributed by atoms with Crippen molar-refractivity contribution in [2.24, 2.45) is 0 Å². The van der Waals surface area contributed by atoms with Crippen molar-refractivity contribution < 1.29 is 14.3 Å². The Hall–Kier alpha value is -2.02. The fourth-order valence-electron chi connectivity index (χ4n) is 0.155. The number of esters is 1. The zero-order valence-electron chi connectivity index (χ0n) is 6.53. The number of carbonyl (C=O) groups is 1. The molecule has 0 amide bonds. The minimum absolute atomic E-state index is 0.720. The lowest BCUT2D eigenvalue weighted by Crippen LogP contribution is -1.91. The molecule has 0 N–H and O–H groups in total. The molecule has 0 aliphatic carbocycles. The molecule has 4 heteroatoms. The maximum atomic E-state index is 9.85. The monoisotopic (exact) mass is 167 g/mol. The Morgan fingerprint density at radius 2 is 1.83 bits per heavy atom. The van der Waals surface area contributed by atoms with E-state index in [1.165, 1.54) is 18.8 Å². The van der Waals surface area contributed by atoms with Crippen LogP contribution in [0, 0.1) is 11.5 Å². The first-order valence-corrected chi connectivity index (χ1v) is 2.82. The van der Waals surface area contributed by atoms with Gasteiger partial charge in [0.05, 0.1) is 12.5 Å². The number of nitrogens with zero attached hydrogens (tertiary/aromatic N) is 1. The summed E-state index contributed by atoms with van der Waals surface area (Å²) in [6, 6.07) is 0. The van der Waals surface area contributed by atoms with Gasteiger partial charge in [-0.1, -0.05) is 19.7 Å². The van der Waals surface area contributed by atoms with Crippen molar-refractivity contribution in [3.8, 4) is 6.26 Å². The van der Waals surface area contributed by atoms with E-state index in [9.17, 15) is 4.79 Å². The molecule has 0 bridgehead atoms. The van der Waals surface area contributed by atoms with Gasteiger partial charge < -0.3 is 9.47 Å². The highest BCUT2D eigenvalue weighted by atomic mass is 16.5. The Morgan fingerprint density at radius 1 is 1.33 bits per heavy atom. The van der Waals surface area contributed by atoms with Crippen LogP contribution in [0.25, 0.3) is 0 Å². The molecule has 64 valence electrons. The molecule has 0 aliphatic heterocycles. The molecule has 0 saturated heterocycles. The Labute approximate surface area is 71.0 Å². The van der Waals surface area contributed by atoms with Crippen molar-refractivity contribution in [2.75, 3.05) is 0 Å². The van der Waals surface area contributed by atoms with E-state index < -0.39 is 5.97 Å². The van der Waals surface area contributed by atoms with E-state index in [1.54, 1.807) is 0 Å². The molecule has 12 heavy (non-hydrogen) atoms. The summed E-state index contributed by atoms with van der Waals surface area (Å²) in [6.45, 7) is 9.57. The standard InChI is InChI=1S/C4H3NO2.C4H6O/c1-2-4(6)7-3-5;1-3-5-4-2/h2H,1H2;3-4H,1-2H2. The summed E-state index contributed by atoms with van der Waals surface area (Å²) in [6.07, 6.45) is 4.74. The van der Waals surface area contributed by atoms with Crippen molar-refractivity contribution in [3.05, 3.63) is 38.3 Å². The van der Waals surface area contributed by atoms with Gasteiger partial charge in [-0.2, -0.15) is 0 Å². The summed E-state index contributed by atoms with van der Waals surface area (Å²) in [5, 5.41) is 7.63. The van der Waals surface area contributed by atoms with Gasteiger partial charge in [-0.3, -0.25) is 0 Å². The molecule has 0 radical (unpaired) electrons. The molecular formula is C8H9NO3. The van der Waals surface area contributed by atoms with Crippen molar-refractivity contribution in [3.63, 3.8) is 0 Å². The van der Waals surface area contributed by atoms with Crippen LogP contribution in [0.2, 0.25) is 0 Å². The number of rotatable bonds is 3. The summed E-state index contributed by atoms with van der Waals surface area (Å²) in [4.78, 5) is 9.85. The number of hydrogen-bond donors (Lipinski definition) is 0.